The van der Waals surface area contributed by atoms with Gasteiger partial charge in [-0.25, -0.2) is 0 Å². The molecule has 2 rings (SSSR count). The van der Waals surface area contributed by atoms with E-state index in [0.29, 0.717) is 12.5 Å². The smallest absolute Gasteiger partial charge is 0.101 e. The first-order valence-electron chi connectivity index (χ1n) is 5.65. The Hall–Kier alpha value is -1.40. The topological polar surface area (TPSA) is 45.9 Å². The number of hydrogen-bond donors (Lipinski definition) is 0. The highest BCUT2D eigenvalue weighted by atomic mass is 16.5. The van der Waals surface area contributed by atoms with Crippen LogP contribution in [0, 0.1) is 17.2 Å². The van der Waals surface area contributed by atoms with Crippen molar-refractivity contribution < 1.29 is 4.74 Å². The van der Waals surface area contributed by atoms with Gasteiger partial charge in [0, 0.05) is 13.3 Å². The van der Waals surface area contributed by atoms with Crippen molar-refractivity contribution in [2.24, 2.45) is 5.92 Å². The van der Waals surface area contributed by atoms with Crippen molar-refractivity contribution in [3.05, 3.63) is 28.6 Å². The van der Waals surface area contributed by atoms with Crippen molar-refractivity contribution in [1.29, 1.82) is 5.26 Å². The van der Waals surface area contributed by atoms with Crippen LogP contribution in [0.5, 0.6) is 0 Å². The van der Waals surface area contributed by atoms with Crippen molar-refractivity contribution in [1.82, 2.24) is 4.98 Å². The second kappa shape index (κ2) is 4.63. The molecule has 0 saturated heterocycles. The summed E-state index contributed by atoms with van der Waals surface area (Å²) in [4.78, 5) is 4.33. The summed E-state index contributed by atoms with van der Waals surface area (Å²) in [6.45, 7) is 2.78. The quantitative estimate of drug-likeness (QED) is 0.761. The highest BCUT2D eigenvalue weighted by molar-refractivity contribution is 5.44. The molecule has 3 nitrogen and oxygen atoms in total. The van der Waals surface area contributed by atoms with Gasteiger partial charge in [0.05, 0.1) is 17.9 Å². The lowest BCUT2D eigenvalue weighted by molar-refractivity contribution is 0.180. The van der Waals surface area contributed by atoms with Gasteiger partial charge in [0.15, 0.2) is 0 Å². The Balaban J connectivity index is 2.48. The molecule has 16 heavy (non-hydrogen) atoms. The van der Waals surface area contributed by atoms with E-state index in [1.807, 2.05) is 0 Å². The molecule has 0 spiro atoms. The van der Waals surface area contributed by atoms with Gasteiger partial charge in [0.1, 0.15) is 6.07 Å². The number of pyridine rings is 1. The average molecular weight is 216 g/mol. The highest BCUT2D eigenvalue weighted by Crippen LogP contribution is 2.29. The lowest BCUT2D eigenvalue weighted by atomic mass is 9.82. The van der Waals surface area contributed by atoms with Crippen molar-refractivity contribution in [3.63, 3.8) is 0 Å². The number of ether oxygens (including phenoxy) is 1. The second-order valence-electron chi connectivity index (χ2n) is 4.47. The molecule has 84 valence electrons. The zero-order valence-electron chi connectivity index (χ0n) is 9.79. The van der Waals surface area contributed by atoms with E-state index in [9.17, 15) is 0 Å². The van der Waals surface area contributed by atoms with Crippen molar-refractivity contribution in [2.45, 2.75) is 32.8 Å². The Bertz CT molecular complexity index is 434. The van der Waals surface area contributed by atoms with Crippen molar-refractivity contribution in [2.75, 3.05) is 7.11 Å². The second-order valence-corrected chi connectivity index (χ2v) is 4.47. The van der Waals surface area contributed by atoms with E-state index in [0.717, 1.165) is 24.1 Å². The minimum atomic E-state index is 0.544. The zero-order chi connectivity index (χ0) is 11.5. The maximum atomic E-state index is 9.08. The molecule has 1 heterocycles. The van der Waals surface area contributed by atoms with E-state index in [1.165, 1.54) is 17.5 Å². The summed E-state index contributed by atoms with van der Waals surface area (Å²) in [5.74, 6) is 0.664. The van der Waals surface area contributed by atoms with Gasteiger partial charge in [-0.15, -0.1) is 0 Å². The third-order valence-corrected chi connectivity index (χ3v) is 3.23. The molecule has 3 heteroatoms. The van der Waals surface area contributed by atoms with Gasteiger partial charge < -0.3 is 4.74 Å². The standard InChI is InChI=1S/C13H16N2O/c1-9-3-4-11-12(5-9)10(6-14)7-15-13(11)8-16-2/h7,9H,3-5,8H2,1-2H3. The third-order valence-electron chi connectivity index (χ3n) is 3.23. The Morgan fingerprint density at radius 2 is 2.38 bits per heavy atom. The fraction of sp³-hybridized carbons (Fsp3) is 0.538. The minimum Gasteiger partial charge on any atom is -0.378 e. The van der Waals surface area contributed by atoms with E-state index < -0.39 is 0 Å². The van der Waals surface area contributed by atoms with E-state index in [4.69, 9.17) is 10.00 Å². The molecular formula is C13H16N2O. The summed E-state index contributed by atoms with van der Waals surface area (Å²) in [5, 5.41) is 9.08. The molecular weight excluding hydrogens is 200 g/mol. The minimum absolute atomic E-state index is 0.544. The van der Waals surface area contributed by atoms with Crippen LogP contribution in [0.25, 0.3) is 0 Å². The molecule has 0 N–H and O–H groups in total. The fourth-order valence-electron chi connectivity index (χ4n) is 2.36. The molecule has 1 unspecified atom stereocenters. The summed E-state index contributed by atoms with van der Waals surface area (Å²) in [6.07, 6.45) is 4.89. The van der Waals surface area contributed by atoms with Crippen LogP contribution in [0.4, 0.5) is 0 Å². The number of rotatable bonds is 2. The number of aromatic nitrogens is 1. The van der Waals surface area contributed by atoms with Crippen LogP contribution in [0.15, 0.2) is 6.20 Å². The van der Waals surface area contributed by atoms with Gasteiger partial charge in [-0.1, -0.05) is 6.92 Å². The van der Waals surface area contributed by atoms with E-state index in [-0.39, 0.29) is 0 Å². The number of fused-ring (bicyclic) bond motifs is 1. The average Bonchev–Trinajstić information content (AvgIpc) is 2.29. The summed E-state index contributed by atoms with van der Waals surface area (Å²) < 4.78 is 5.15. The zero-order valence-corrected chi connectivity index (χ0v) is 9.79. The molecule has 0 bridgehead atoms. The summed E-state index contributed by atoms with van der Waals surface area (Å²) >= 11 is 0. The molecule has 0 fully saturated rings. The largest absolute Gasteiger partial charge is 0.378 e. The number of methoxy groups -OCH3 is 1. The number of hydrogen-bond acceptors (Lipinski definition) is 3. The van der Waals surface area contributed by atoms with Gasteiger partial charge in [-0.2, -0.15) is 5.26 Å². The van der Waals surface area contributed by atoms with Crippen LogP contribution >= 0.6 is 0 Å². The van der Waals surface area contributed by atoms with Gasteiger partial charge >= 0.3 is 0 Å². The fourth-order valence-corrected chi connectivity index (χ4v) is 2.36. The Kier molecular flexibility index (Phi) is 3.21. The van der Waals surface area contributed by atoms with E-state index in [1.54, 1.807) is 13.3 Å². The van der Waals surface area contributed by atoms with Gasteiger partial charge in [0.2, 0.25) is 0 Å². The van der Waals surface area contributed by atoms with Crippen LogP contribution in [0.2, 0.25) is 0 Å². The van der Waals surface area contributed by atoms with Gasteiger partial charge in [-0.05, 0) is 36.3 Å². The molecule has 0 radical (unpaired) electrons. The normalized spacial score (nSPS) is 18.9. The van der Waals surface area contributed by atoms with Gasteiger partial charge in [0.25, 0.3) is 0 Å². The van der Waals surface area contributed by atoms with Crippen LogP contribution in [-0.4, -0.2) is 12.1 Å². The lowest BCUT2D eigenvalue weighted by Gasteiger charge is -2.24. The molecule has 0 saturated carbocycles. The monoisotopic (exact) mass is 216 g/mol. The van der Waals surface area contributed by atoms with Gasteiger partial charge in [-0.3, -0.25) is 4.98 Å². The molecule has 1 aliphatic carbocycles. The maximum absolute atomic E-state index is 9.08. The summed E-state index contributed by atoms with van der Waals surface area (Å²) in [5.41, 5.74) is 4.19. The molecule has 1 aromatic heterocycles. The summed E-state index contributed by atoms with van der Waals surface area (Å²) in [7, 11) is 1.68. The highest BCUT2D eigenvalue weighted by Gasteiger charge is 2.21. The third kappa shape index (κ3) is 1.94. The van der Waals surface area contributed by atoms with Crippen molar-refractivity contribution >= 4 is 0 Å². The first-order valence-corrected chi connectivity index (χ1v) is 5.65. The van der Waals surface area contributed by atoms with Crippen LogP contribution in [0.1, 0.15) is 35.7 Å². The van der Waals surface area contributed by atoms with Crippen molar-refractivity contribution in [3.8, 4) is 6.07 Å². The first kappa shape index (κ1) is 11.1. The Morgan fingerprint density at radius 1 is 1.56 bits per heavy atom. The molecule has 0 aliphatic heterocycles. The molecule has 1 atom stereocenters. The van der Waals surface area contributed by atoms with Crippen LogP contribution in [-0.2, 0) is 24.2 Å². The first-order chi connectivity index (χ1) is 7.76. The summed E-state index contributed by atoms with van der Waals surface area (Å²) in [6, 6.07) is 2.24. The number of nitrogens with zero attached hydrogens (tertiary/aromatic N) is 2. The lowest BCUT2D eigenvalue weighted by Crippen LogP contribution is -2.16. The predicted octanol–water partition coefficient (Wildman–Crippen LogP) is 2.22. The Labute approximate surface area is 96.1 Å². The van der Waals surface area contributed by atoms with Crippen LogP contribution < -0.4 is 0 Å². The SMILES string of the molecule is COCc1ncc(C#N)c2c1CCC(C)C2. The van der Waals surface area contributed by atoms with E-state index >= 15 is 0 Å². The molecule has 0 amide bonds. The molecule has 0 aromatic carbocycles. The predicted molar refractivity (Wildman–Crippen MR) is 60.9 cm³/mol. The maximum Gasteiger partial charge on any atom is 0.101 e. The Morgan fingerprint density at radius 3 is 3.06 bits per heavy atom. The van der Waals surface area contributed by atoms with E-state index in [2.05, 4.69) is 18.0 Å². The molecule has 1 aromatic rings. The van der Waals surface area contributed by atoms with Crippen LogP contribution in [0.3, 0.4) is 0 Å². The molecule has 1 aliphatic rings. The number of nitriles is 1.